The van der Waals surface area contributed by atoms with Crippen LogP contribution in [0, 0.1) is 0 Å². The van der Waals surface area contributed by atoms with Crippen molar-refractivity contribution in [2.24, 2.45) is 0 Å². The van der Waals surface area contributed by atoms with E-state index in [0.717, 1.165) is 53.6 Å². The standard InChI is InChI=1S/C23H27ClN6O/c1-23(13-31-14-23)28-7-6-27(19-4-5-20(19)28)22-9-21-15(8-18(22)24)10-26-30(21)17-11-25-29(12-17)16-2-3-16/h8-12,16,19-20H,2-7,13-14H2,1H3/t19-,20?/m0/s1. The van der Waals surface area contributed by atoms with Gasteiger partial charge in [-0.2, -0.15) is 10.2 Å². The summed E-state index contributed by atoms with van der Waals surface area (Å²) in [4.78, 5) is 5.24. The van der Waals surface area contributed by atoms with E-state index in [-0.39, 0.29) is 5.54 Å². The van der Waals surface area contributed by atoms with Gasteiger partial charge in [-0.15, -0.1) is 0 Å². The molecular weight excluding hydrogens is 412 g/mol. The summed E-state index contributed by atoms with van der Waals surface area (Å²) >= 11 is 6.82. The van der Waals surface area contributed by atoms with Gasteiger partial charge in [-0.25, -0.2) is 4.68 Å². The minimum Gasteiger partial charge on any atom is -0.377 e. The second-order valence-electron chi connectivity index (χ2n) is 9.92. The van der Waals surface area contributed by atoms with Crippen LogP contribution >= 0.6 is 11.6 Å². The van der Waals surface area contributed by atoms with Crippen molar-refractivity contribution in [3.63, 3.8) is 0 Å². The molecule has 162 valence electrons. The summed E-state index contributed by atoms with van der Waals surface area (Å²) in [5.74, 6) is 0. The number of halogens is 1. The van der Waals surface area contributed by atoms with E-state index in [1.807, 2.05) is 17.1 Å². The Morgan fingerprint density at radius 3 is 2.58 bits per heavy atom. The average Bonchev–Trinajstić information content (AvgIpc) is 3.30. The zero-order chi connectivity index (χ0) is 20.7. The van der Waals surface area contributed by atoms with E-state index in [4.69, 9.17) is 16.3 Å². The molecule has 3 aromatic rings. The fourth-order valence-electron chi connectivity index (χ4n) is 5.71. The molecule has 0 radical (unpaired) electrons. The summed E-state index contributed by atoms with van der Waals surface area (Å²) in [5, 5.41) is 11.1. The number of fused-ring (bicyclic) bond motifs is 2. The number of anilines is 1. The highest BCUT2D eigenvalue weighted by Gasteiger charge is 2.51. The van der Waals surface area contributed by atoms with Crippen molar-refractivity contribution < 1.29 is 4.74 Å². The van der Waals surface area contributed by atoms with Crippen LogP contribution in [-0.4, -0.2) is 68.4 Å². The molecule has 2 aliphatic heterocycles. The van der Waals surface area contributed by atoms with Gasteiger partial charge in [-0.05, 0) is 44.7 Å². The first kappa shape index (κ1) is 18.5. The van der Waals surface area contributed by atoms with E-state index >= 15 is 0 Å². The highest BCUT2D eigenvalue weighted by atomic mass is 35.5. The fraction of sp³-hybridized carbons (Fsp3) is 0.565. The number of nitrogens with zero attached hydrogens (tertiary/aromatic N) is 6. The van der Waals surface area contributed by atoms with Gasteiger partial charge in [0.1, 0.15) is 5.69 Å². The van der Waals surface area contributed by atoms with Crippen LogP contribution in [0.15, 0.2) is 30.7 Å². The Labute approximate surface area is 186 Å². The predicted molar refractivity (Wildman–Crippen MR) is 120 cm³/mol. The molecule has 7 nitrogen and oxygen atoms in total. The van der Waals surface area contributed by atoms with Crippen molar-refractivity contribution in [2.75, 3.05) is 31.2 Å². The van der Waals surface area contributed by atoms with E-state index in [1.54, 1.807) is 0 Å². The van der Waals surface area contributed by atoms with Crippen LogP contribution in [0.1, 0.15) is 38.6 Å². The number of ether oxygens (including phenoxy) is 1. The SMILES string of the molecule is CC1(N2CCN(c3cc4c(cnn4-c4cnn(C5CC5)c4)cc3Cl)[C@H]3CCC32)COC1. The third kappa shape index (κ3) is 2.73. The molecule has 2 saturated carbocycles. The molecule has 0 amide bonds. The monoisotopic (exact) mass is 438 g/mol. The van der Waals surface area contributed by atoms with Gasteiger partial charge in [0.25, 0.3) is 0 Å². The van der Waals surface area contributed by atoms with Crippen LogP contribution < -0.4 is 4.90 Å². The van der Waals surface area contributed by atoms with Crippen LogP contribution in [0.25, 0.3) is 16.6 Å². The van der Waals surface area contributed by atoms with E-state index in [0.29, 0.717) is 18.1 Å². The van der Waals surface area contributed by atoms with Gasteiger partial charge in [0.05, 0.1) is 59.6 Å². The number of aromatic nitrogens is 4. The summed E-state index contributed by atoms with van der Waals surface area (Å²) in [5.41, 5.74) is 3.45. The maximum atomic E-state index is 6.82. The van der Waals surface area contributed by atoms with Crippen molar-refractivity contribution in [3.05, 3.63) is 35.7 Å². The quantitative estimate of drug-likeness (QED) is 0.622. The average molecular weight is 439 g/mol. The van der Waals surface area contributed by atoms with E-state index in [2.05, 4.69) is 49.9 Å². The van der Waals surface area contributed by atoms with Crippen LogP contribution in [0.3, 0.4) is 0 Å². The second kappa shape index (κ2) is 6.47. The molecule has 4 fully saturated rings. The van der Waals surface area contributed by atoms with Gasteiger partial charge in [-0.1, -0.05) is 11.6 Å². The zero-order valence-corrected chi connectivity index (χ0v) is 18.5. The molecule has 4 aliphatic rings. The predicted octanol–water partition coefficient (Wildman–Crippen LogP) is 3.65. The third-order valence-electron chi connectivity index (χ3n) is 7.80. The first-order chi connectivity index (χ1) is 15.1. The molecule has 8 heteroatoms. The minimum absolute atomic E-state index is 0.212. The van der Waals surface area contributed by atoms with Crippen molar-refractivity contribution in [1.29, 1.82) is 0 Å². The number of hydrogen-bond donors (Lipinski definition) is 0. The normalized spacial score (nSPS) is 27.7. The molecular formula is C23H27ClN6O. The van der Waals surface area contributed by atoms with Gasteiger partial charge in [0.2, 0.25) is 0 Å². The Kier molecular flexibility index (Phi) is 3.85. The van der Waals surface area contributed by atoms with Gasteiger partial charge in [-0.3, -0.25) is 9.58 Å². The smallest absolute Gasteiger partial charge is 0.103 e. The molecule has 31 heavy (non-hydrogen) atoms. The first-order valence-corrected chi connectivity index (χ1v) is 11.8. The highest BCUT2D eigenvalue weighted by Crippen LogP contribution is 2.44. The maximum Gasteiger partial charge on any atom is 0.103 e. The lowest BCUT2D eigenvalue weighted by molar-refractivity contribution is -0.161. The molecule has 4 heterocycles. The third-order valence-corrected chi connectivity index (χ3v) is 8.11. The number of piperazine rings is 1. The lowest BCUT2D eigenvalue weighted by Gasteiger charge is -2.61. The summed E-state index contributed by atoms with van der Waals surface area (Å²) < 4.78 is 9.63. The molecule has 0 spiro atoms. The molecule has 0 N–H and O–H groups in total. The van der Waals surface area contributed by atoms with Crippen LogP contribution in [0.2, 0.25) is 5.02 Å². The summed E-state index contributed by atoms with van der Waals surface area (Å²) in [6.07, 6.45) is 10.9. The molecule has 2 aliphatic carbocycles. The molecule has 7 rings (SSSR count). The Hall–Kier alpha value is -2.09. The highest BCUT2D eigenvalue weighted by molar-refractivity contribution is 6.34. The molecule has 2 atom stereocenters. The number of hydrogen-bond acceptors (Lipinski definition) is 5. The molecule has 2 aromatic heterocycles. The Bertz CT molecular complexity index is 1160. The Morgan fingerprint density at radius 2 is 1.87 bits per heavy atom. The second-order valence-corrected chi connectivity index (χ2v) is 10.3. The number of rotatable bonds is 4. The molecule has 1 aromatic carbocycles. The lowest BCUT2D eigenvalue weighted by atomic mass is 9.78. The van der Waals surface area contributed by atoms with Crippen molar-refractivity contribution in [3.8, 4) is 5.69 Å². The van der Waals surface area contributed by atoms with Crippen molar-refractivity contribution in [2.45, 2.75) is 56.3 Å². The van der Waals surface area contributed by atoms with Crippen LogP contribution in [0.5, 0.6) is 0 Å². The molecule has 2 saturated heterocycles. The van der Waals surface area contributed by atoms with Gasteiger partial charge in [0, 0.05) is 30.6 Å². The molecule has 1 unspecified atom stereocenters. The van der Waals surface area contributed by atoms with Gasteiger partial charge < -0.3 is 9.64 Å². The lowest BCUT2D eigenvalue weighted by Crippen LogP contribution is -2.73. The zero-order valence-electron chi connectivity index (χ0n) is 17.7. The Balaban J connectivity index is 1.23. The van der Waals surface area contributed by atoms with Crippen molar-refractivity contribution in [1.82, 2.24) is 24.5 Å². The van der Waals surface area contributed by atoms with Gasteiger partial charge in [0.15, 0.2) is 0 Å². The topological polar surface area (TPSA) is 51.3 Å². The Morgan fingerprint density at radius 1 is 1.03 bits per heavy atom. The largest absolute Gasteiger partial charge is 0.377 e. The van der Waals surface area contributed by atoms with E-state index < -0.39 is 0 Å². The van der Waals surface area contributed by atoms with Crippen LogP contribution in [-0.2, 0) is 4.74 Å². The fourth-order valence-corrected chi connectivity index (χ4v) is 5.99. The summed E-state index contributed by atoms with van der Waals surface area (Å²) in [7, 11) is 0. The number of benzene rings is 1. The van der Waals surface area contributed by atoms with E-state index in [9.17, 15) is 0 Å². The van der Waals surface area contributed by atoms with E-state index in [1.165, 1.54) is 25.7 Å². The summed E-state index contributed by atoms with van der Waals surface area (Å²) in [6.45, 7) is 6.12. The molecule has 0 bridgehead atoms. The first-order valence-electron chi connectivity index (χ1n) is 11.4. The van der Waals surface area contributed by atoms with Gasteiger partial charge >= 0.3 is 0 Å². The minimum atomic E-state index is 0.212. The van der Waals surface area contributed by atoms with Crippen molar-refractivity contribution >= 4 is 28.2 Å². The maximum absolute atomic E-state index is 6.82. The summed E-state index contributed by atoms with van der Waals surface area (Å²) in [6, 6.07) is 5.99. The van der Waals surface area contributed by atoms with Crippen LogP contribution in [0.4, 0.5) is 5.69 Å².